The van der Waals surface area contributed by atoms with Gasteiger partial charge in [-0.2, -0.15) is 0 Å². The van der Waals surface area contributed by atoms with Crippen molar-refractivity contribution in [3.63, 3.8) is 0 Å². The van der Waals surface area contributed by atoms with Crippen LogP contribution in [0.15, 0.2) is 27.8 Å². The van der Waals surface area contributed by atoms with Gasteiger partial charge in [-0.05, 0) is 25.1 Å². The van der Waals surface area contributed by atoms with Crippen molar-refractivity contribution in [1.29, 1.82) is 0 Å². The van der Waals surface area contributed by atoms with Gasteiger partial charge >= 0.3 is 0 Å². The topological polar surface area (TPSA) is 41.8 Å². The van der Waals surface area contributed by atoms with Crippen LogP contribution in [-0.2, 0) is 0 Å². The summed E-state index contributed by atoms with van der Waals surface area (Å²) in [4.78, 5) is 0. The van der Waals surface area contributed by atoms with Crippen molar-refractivity contribution >= 4 is 21.6 Å². The zero-order chi connectivity index (χ0) is 10.1. The largest absolute Gasteiger partial charge is 0.492 e. The SMILES string of the molecule is C/C(=N\O)[C@H]1COc2ccc(Br)cc21. The Labute approximate surface area is 90.5 Å². The standard InChI is InChI=1S/C10H10BrNO2/c1-6(12-13)9-5-14-10-3-2-7(11)4-8(9)10/h2-4,9,13H,5H2,1H3/b12-6+/t9-/m1/s1. The zero-order valence-electron chi connectivity index (χ0n) is 7.70. The molecule has 3 nitrogen and oxygen atoms in total. The van der Waals surface area contributed by atoms with Crippen molar-refractivity contribution in [3.05, 3.63) is 28.2 Å². The first-order valence-corrected chi connectivity index (χ1v) is 5.12. The highest BCUT2D eigenvalue weighted by Crippen LogP contribution is 2.36. The number of benzene rings is 1. The van der Waals surface area contributed by atoms with Crippen LogP contribution in [0, 0.1) is 0 Å². The Morgan fingerprint density at radius 3 is 3.14 bits per heavy atom. The molecule has 1 N–H and O–H groups in total. The molecule has 1 aromatic carbocycles. The summed E-state index contributed by atoms with van der Waals surface area (Å²) in [6.45, 7) is 2.35. The summed E-state index contributed by atoms with van der Waals surface area (Å²) >= 11 is 3.41. The lowest BCUT2D eigenvalue weighted by Gasteiger charge is -2.05. The van der Waals surface area contributed by atoms with Gasteiger partial charge in [0, 0.05) is 10.0 Å². The number of hydrogen-bond donors (Lipinski definition) is 1. The van der Waals surface area contributed by atoms with E-state index in [1.54, 1.807) is 6.92 Å². The third kappa shape index (κ3) is 1.50. The van der Waals surface area contributed by atoms with E-state index in [4.69, 9.17) is 9.94 Å². The number of nitrogens with zero attached hydrogens (tertiary/aromatic N) is 1. The summed E-state index contributed by atoms with van der Waals surface area (Å²) in [6.07, 6.45) is 0. The Hall–Kier alpha value is -1.03. The molecule has 1 aliphatic heterocycles. The van der Waals surface area contributed by atoms with E-state index in [0.717, 1.165) is 15.8 Å². The van der Waals surface area contributed by atoms with Gasteiger partial charge in [-0.1, -0.05) is 21.1 Å². The second-order valence-electron chi connectivity index (χ2n) is 3.29. The molecule has 0 saturated heterocycles. The molecule has 1 atom stereocenters. The first-order valence-electron chi connectivity index (χ1n) is 4.33. The van der Waals surface area contributed by atoms with Crippen molar-refractivity contribution in [1.82, 2.24) is 0 Å². The normalized spacial score (nSPS) is 20.4. The van der Waals surface area contributed by atoms with E-state index < -0.39 is 0 Å². The second-order valence-corrected chi connectivity index (χ2v) is 4.20. The second kappa shape index (κ2) is 3.61. The molecule has 4 heteroatoms. The van der Waals surface area contributed by atoms with Crippen molar-refractivity contribution < 1.29 is 9.94 Å². The highest BCUT2D eigenvalue weighted by atomic mass is 79.9. The Bertz CT molecular complexity index is 390. The monoisotopic (exact) mass is 255 g/mol. The van der Waals surface area contributed by atoms with Gasteiger partial charge in [-0.15, -0.1) is 0 Å². The first kappa shape index (κ1) is 9.52. The van der Waals surface area contributed by atoms with E-state index in [1.165, 1.54) is 0 Å². The smallest absolute Gasteiger partial charge is 0.123 e. The van der Waals surface area contributed by atoms with Gasteiger partial charge in [-0.25, -0.2) is 0 Å². The third-order valence-electron chi connectivity index (χ3n) is 2.41. The van der Waals surface area contributed by atoms with Crippen molar-refractivity contribution in [3.8, 4) is 5.75 Å². The number of halogens is 1. The zero-order valence-corrected chi connectivity index (χ0v) is 9.28. The van der Waals surface area contributed by atoms with Gasteiger partial charge in [0.25, 0.3) is 0 Å². The fourth-order valence-corrected chi connectivity index (χ4v) is 1.98. The van der Waals surface area contributed by atoms with E-state index in [9.17, 15) is 0 Å². The predicted octanol–water partition coefficient (Wildman–Crippen LogP) is 2.78. The van der Waals surface area contributed by atoms with Crippen molar-refractivity contribution in [2.75, 3.05) is 6.61 Å². The van der Waals surface area contributed by atoms with Gasteiger partial charge in [-0.3, -0.25) is 0 Å². The van der Waals surface area contributed by atoms with Crippen LogP contribution < -0.4 is 4.74 Å². The number of hydrogen-bond acceptors (Lipinski definition) is 3. The summed E-state index contributed by atoms with van der Waals surface area (Å²) in [5, 5.41) is 11.9. The molecular formula is C10H10BrNO2. The first-order chi connectivity index (χ1) is 6.72. The molecule has 14 heavy (non-hydrogen) atoms. The Morgan fingerprint density at radius 2 is 2.43 bits per heavy atom. The van der Waals surface area contributed by atoms with Crippen LogP contribution in [0.5, 0.6) is 5.75 Å². The number of ether oxygens (including phenoxy) is 1. The molecule has 0 aliphatic carbocycles. The van der Waals surface area contributed by atoms with Crippen LogP contribution in [0.1, 0.15) is 18.4 Å². The lowest BCUT2D eigenvalue weighted by molar-refractivity contribution is 0.310. The Morgan fingerprint density at radius 1 is 1.64 bits per heavy atom. The van der Waals surface area contributed by atoms with E-state index >= 15 is 0 Å². The minimum atomic E-state index is 0.0764. The highest BCUT2D eigenvalue weighted by Gasteiger charge is 2.26. The van der Waals surface area contributed by atoms with Crippen molar-refractivity contribution in [2.24, 2.45) is 5.16 Å². The molecular weight excluding hydrogens is 246 g/mol. The molecule has 0 bridgehead atoms. The van der Waals surface area contributed by atoms with Crippen LogP contribution in [0.4, 0.5) is 0 Å². The molecule has 0 spiro atoms. The average molecular weight is 256 g/mol. The molecule has 0 amide bonds. The predicted molar refractivity (Wildman–Crippen MR) is 57.3 cm³/mol. The van der Waals surface area contributed by atoms with Crippen LogP contribution in [0.25, 0.3) is 0 Å². The van der Waals surface area contributed by atoms with Gasteiger partial charge in [0.15, 0.2) is 0 Å². The summed E-state index contributed by atoms with van der Waals surface area (Å²) < 4.78 is 6.49. The lowest BCUT2D eigenvalue weighted by Crippen LogP contribution is -2.10. The van der Waals surface area contributed by atoms with Gasteiger partial charge in [0.05, 0.1) is 11.6 Å². The summed E-state index contributed by atoms with van der Waals surface area (Å²) in [5.74, 6) is 0.952. The molecule has 0 saturated carbocycles. The molecule has 74 valence electrons. The minimum Gasteiger partial charge on any atom is -0.492 e. The van der Waals surface area contributed by atoms with E-state index in [0.29, 0.717) is 12.3 Å². The van der Waals surface area contributed by atoms with Gasteiger partial charge < -0.3 is 9.94 Å². The van der Waals surface area contributed by atoms with Gasteiger partial charge in [0.2, 0.25) is 0 Å². The molecule has 0 fully saturated rings. The van der Waals surface area contributed by atoms with E-state index in [2.05, 4.69) is 21.1 Å². The lowest BCUT2D eigenvalue weighted by atomic mass is 9.97. The summed E-state index contributed by atoms with van der Waals surface area (Å²) in [5.41, 5.74) is 1.76. The van der Waals surface area contributed by atoms with Gasteiger partial charge in [0.1, 0.15) is 12.4 Å². The maximum Gasteiger partial charge on any atom is 0.123 e. The fourth-order valence-electron chi connectivity index (χ4n) is 1.60. The molecule has 1 aromatic rings. The Kier molecular flexibility index (Phi) is 2.46. The number of rotatable bonds is 1. The highest BCUT2D eigenvalue weighted by molar-refractivity contribution is 9.10. The number of oxime groups is 1. The fraction of sp³-hybridized carbons (Fsp3) is 0.300. The molecule has 0 radical (unpaired) electrons. The molecule has 1 aliphatic rings. The van der Waals surface area contributed by atoms with Crippen molar-refractivity contribution in [2.45, 2.75) is 12.8 Å². The van der Waals surface area contributed by atoms with E-state index in [-0.39, 0.29) is 5.92 Å². The molecule has 0 aromatic heterocycles. The Balaban J connectivity index is 2.43. The summed E-state index contributed by atoms with van der Waals surface area (Å²) in [6, 6.07) is 5.86. The quantitative estimate of drug-likeness (QED) is 0.477. The maximum absolute atomic E-state index is 8.71. The summed E-state index contributed by atoms with van der Waals surface area (Å²) in [7, 11) is 0. The average Bonchev–Trinajstić information content (AvgIpc) is 2.59. The number of fused-ring (bicyclic) bond motifs is 1. The molecule has 0 unspecified atom stereocenters. The van der Waals surface area contributed by atoms with Crippen LogP contribution in [0.2, 0.25) is 0 Å². The third-order valence-corrected chi connectivity index (χ3v) is 2.91. The van der Waals surface area contributed by atoms with Crippen LogP contribution in [0.3, 0.4) is 0 Å². The maximum atomic E-state index is 8.71. The van der Waals surface area contributed by atoms with E-state index in [1.807, 2.05) is 18.2 Å². The van der Waals surface area contributed by atoms with Crippen LogP contribution in [-0.4, -0.2) is 17.5 Å². The molecule has 1 heterocycles. The molecule has 2 rings (SSSR count). The minimum absolute atomic E-state index is 0.0764. The van der Waals surface area contributed by atoms with Crippen LogP contribution >= 0.6 is 15.9 Å².